The summed E-state index contributed by atoms with van der Waals surface area (Å²) in [4.78, 5) is 0. The van der Waals surface area contributed by atoms with Gasteiger partial charge in [-0.05, 0) is 12.1 Å². The Kier molecular flexibility index (Phi) is 5.62. The normalized spacial score (nSPS) is 8.58. The molecule has 0 radical (unpaired) electrons. The second kappa shape index (κ2) is 5.94. The number of rotatable bonds is 1. The minimum absolute atomic E-state index is 0.387. The molecule has 0 aromatic heterocycles. The molecule has 5 N–H and O–H groups in total. The van der Waals surface area contributed by atoms with Crippen LogP contribution in [0.1, 0.15) is 5.56 Å². The first-order chi connectivity index (χ1) is 5.75. The molecule has 0 bridgehead atoms. The second-order valence-electron chi connectivity index (χ2n) is 1.90. The third-order valence-electron chi connectivity index (χ3n) is 1.27. The Labute approximate surface area is 80.8 Å². The third-order valence-corrected chi connectivity index (χ3v) is 1.97. The first-order valence-electron chi connectivity index (χ1n) is 3.17. The van der Waals surface area contributed by atoms with Crippen LogP contribution >= 0.6 is 23.2 Å². The van der Waals surface area contributed by atoms with Crippen molar-refractivity contribution in [2.24, 2.45) is 5.73 Å². The molecule has 12 heavy (non-hydrogen) atoms. The van der Waals surface area contributed by atoms with Crippen molar-refractivity contribution in [2.45, 2.75) is 6.54 Å². The van der Waals surface area contributed by atoms with E-state index in [1.807, 2.05) is 0 Å². The average Bonchev–Trinajstić information content (AvgIpc) is 2.08. The maximum Gasteiger partial charge on any atom is 0.0465 e. The lowest BCUT2D eigenvalue weighted by Crippen LogP contribution is -2.17. The summed E-state index contributed by atoms with van der Waals surface area (Å²) in [5, 5.41) is 1.27. The fourth-order valence-electron chi connectivity index (χ4n) is 0.727. The van der Waals surface area contributed by atoms with Gasteiger partial charge in [-0.3, -0.25) is 0 Å². The van der Waals surface area contributed by atoms with Crippen LogP contribution < -0.4 is 11.3 Å². The molecule has 0 atom stereocenters. The number of halogens is 2. The van der Waals surface area contributed by atoms with Crippen molar-refractivity contribution in [1.29, 1.82) is 5.53 Å². The Morgan fingerprint density at radius 2 is 1.67 bits per heavy atom. The number of benzene rings is 1. The summed E-state index contributed by atoms with van der Waals surface area (Å²) in [7, 11) is 0. The molecule has 0 aliphatic carbocycles. The zero-order chi connectivity index (χ0) is 9.56. The van der Waals surface area contributed by atoms with Gasteiger partial charge in [0, 0.05) is 22.2 Å². The van der Waals surface area contributed by atoms with Crippen LogP contribution in [0.3, 0.4) is 0 Å². The molecular weight excluding hydrogens is 197 g/mol. The van der Waals surface area contributed by atoms with Crippen LogP contribution in [0, 0.1) is 5.53 Å². The molecule has 0 unspecified atom stereocenters. The first-order valence-corrected chi connectivity index (χ1v) is 3.93. The van der Waals surface area contributed by atoms with E-state index in [4.69, 9.17) is 34.5 Å². The highest BCUT2D eigenvalue weighted by Crippen LogP contribution is 2.22. The van der Waals surface area contributed by atoms with Crippen LogP contribution in [-0.4, -0.2) is 0 Å². The SMILES string of the molecule is N=[NH2+].NCc1c(Cl)cccc1Cl. The molecule has 0 saturated heterocycles. The zero-order valence-electron chi connectivity index (χ0n) is 6.35. The molecule has 0 heterocycles. The summed E-state index contributed by atoms with van der Waals surface area (Å²) in [6.07, 6.45) is 0. The molecule has 66 valence electrons. The summed E-state index contributed by atoms with van der Waals surface area (Å²) in [5.74, 6) is 0. The van der Waals surface area contributed by atoms with Gasteiger partial charge < -0.3 is 5.73 Å². The Morgan fingerprint density at radius 3 is 1.92 bits per heavy atom. The summed E-state index contributed by atoms with van der Waals surface area (Å²) in [6.45, 7) is 0.387. The fraction of sp³-hybridized carbons (Fsp3) is 0.143. The lowest BCUT2D eigenvalue weighted by molar-refractivity contribution is -0.249. The predicted octanol–water partition coefficient (Wildman–Crippen LogP) is 1.23. The lowest BCUT2D eigenvalue weighted by atomic mass is 10.2. The van der Waals surface area contributed by atoms with Crippen LogP contribution in [0.15, 0.2) is 18.2 Å². The summed E-state index contributed by atoms with van der Waals surface area (Å²) in [6, 6.07) is 5.34. The number of hydrogen-bond donors (Lipinski definition) is 3. The largest absolute Gasteiger partial charge is 0.326 e. The molecule has 0 amide bonds. The standard InChI is InChI=1S/C7H7Cl2N.H2N2/c8-6-2-1-3-7(9)5(6)4-10;1-2/h1-3H,4,10H2;1-2H/p+1. The molecule has 1 aromatic carbocycles. The molecule has 0 aliphatic rings. The predicted molar refractivity (Wildman–Crippen MR) is 49.0 cm³/mol. The number of nitrogens with one attached hydrogen (secondary N) is 1. The highest BCUT2D eigenvalue weighted by molar-refractivity contribution is 6.35. The molecule has 5 heteroatoms. The van der Waals surface area contributed by atoms with Gasteiger partial charge in [0.05, 0.1) is 0 Å². The van der Waals surface area contributed by atoms with Gasteiger partial charge in [0.2, 0.25) is 0 Å². The van der Waals surface area contributed by atoms with Gasteiger partial charge in [0.1, 0.15) is 0 Å². The van der Waals surface area contributed by atoms with E-state index in [2.05, 4.69) is 5.53 Å². The van der Waals surface area contributed by atoms with E-state index in [0.29, 0.717) is 16.6 Å². The number of nitrogens with two attached hydrogens (primary N) is 2. The third kappa shape index (κ3) is 2.77. The Morgan fingerprint density at radius 1 is 1.25 bits per heavy atom. The maximum absolute atomic E-state index is 5.77. The average molecular weight is 207 g/mol. The molecule has 0 aliphatic heterocycles. The molecule has 0 fully saturated rings. The minimum atomic E-state index is 0.387. The van der Waals surface area contributed by atoms with Gasteiger partial charge in [0.25, 0.3) is 0 Å². The lowest BCUT2D eigenvalue weighted by Gasteiger charge is -2.01. The van der Waals surface area contributed by atoms with Gasteiger partial charge in [-0.25, -0.2) is 0 Å². The maximum atomic E-state index is 5.77. The van der Waals surface area contributed by atoms with Gasteiger partial charge in [-0.2, -0.15) is 5.53 Å². The van der Waals surface area contributed by atoms with Crippen molar-refractivity contribution < 1.29 is 5.53 Å². The second-order valence-corrected chi connectivity index (χ2v) is 2.72. The molecule has 1 rings (SSSR count). The molecular formula is C7H10Cl2N3+. The molecule has 0 spiro atoms. The highest BCUT2D eigenvalue weighted by Gasteiger charge is 2.00. The van der Waals surface area contributed by atoms with Crippen molar-refractivity contribution >= 4 is 23.2 Å². The topological polar surface area (TPSA) is 75.5 Å². The van der Waals surface area contributed by atoms with E-state index < -0.39 is 0 Å². The van der Waals surface area contributed by atoms with Crippen LogP contribution in [0.2, 0.25) is 10.0 Å². The van der Waals surface area contributed by atoms with Crippen LogP contribution in [0.25, 0.3) is 0 Å². The Bertz CT molecular complexity index is 232. The van der Waals surface area contributed by atoms with E-state index >= 15 is 0 Å². The molecule has 0 saturated carbocycles. The number of hydrogen-bond acceptors (Lipinski definition) is 2. The van der Waals surface area contributed by atoms with Crippen LogP contribution in [0.4, 0.5) is 0 Å². The van der Waals surface area contributed by atoms with Gasteiger partial charge >= 0.3 is 0 Å². The van der Waals surface area contributed by atoms with Gasteiger partial charge in [-0.15, -0.1) is 0 Å². The van der Waals surface area contributed by atoms with Crippen molar-refractivity contribution in [3.05, 3.63) is 33.8 Å². The van der Waals surface area contributed by atoms with E-state index in [9.17, 15) is 0 Å². The monoisotopic (exact) mass is 206 g/mol. The minimum Gasteiger partial charge on any atom is -0.326 e. The van der Waals surface area contributed by atoms with Crippen molar-refractivity contribution in [2.75, 3.05) is 0 Å². The van der Waals surface area contributed by atoms with Crippen LogP contribution in [-0.2, 0) is 6.54 Å². The van der Waals surface area contributed by atoms with Crippen molar-refractivity contribution in [3.63, 3.8) is 0 Å². The molecule has 3 nitrogen and oxygen atoms in total. The summed E-state index contributed by atoms with van der Waals surface area (Å²) < 4.78 is 0. The fourth-order valence-corrected chi connectivity index (χ4v) is 1.28. The summed E-state index contributed by atoms with van der Waals surface area (Å²) in [5.41, 5.74) is 15.2. The smallest absolute Gasteiger partial charge is 0.0465 e. The highest BCUT2D eigenvalue weighted by atomic mass is 35.5. The first kappa shape index (κ1) is 11.4. The van der Waals surface area contributed by atoms with E-state index in [1.165, 1.54) is 0 Å². The zero-order valence-corrected chi connectivity index (χ0v) is 7.86. The summed E-state index contributed by atoms with van der Waals surface area (Å²) >= 11 is 11.5. The van der Waals surface area contributed by atoms with E-state index in [1.54, 1.807) is 18.2 Å². The van der Waals surface area contributed by atoms with Crippen LogP contribution in [0.5, 0.6) is 0 Å². The quantitative estimate of drug-likeness (QED) is 0.595. The Hall–Kier alpha value is -0.640. The van der Waals surface area contributed by atoms with Crippen molar-refractivity contribution in [1.82, 2.24) is 0 Å². The van der Waals surface area contributed by atoms with Gasteiger partial charge in [-0.1, -0.05) is 34.8 Å². The van der Waals surface area contributed by atoms with E-state index in [0.717, 1.165) is 5.56 Å². The van der Waals surface area contributed by atoms with E-state index in [-0.39, 0.29) is 0 Å². The van der Waals surface area contributed by atoms with Crippen molar-refractivity contribution in [3.8, 4) is 0 Å². The Balaban J connectivity index is 0.000000561. The molecule has 1 aromatic rings. The van der Waals surface area contributed by atoms with Gasteiger partial charge in [0.15, 0.2) is 0 Å².